The molecular weight excluding hydrogens is 452 g/mol. The molecule has 0 fully saturated rings. The number of aromatic carboxylic acids is 1. The summed E-state index contributed by atoms with van der Waals surface area (Å²) in [6.07, 6.45) is 11.1. The molecule has 0 radical (unpaired) electrons. The van der Waals surface area contributed by atoms with Crippen molar-refractivity contribution in [3.05, 3.63) is 88.2 Å². The van der Waals surface area contributed by atoms with E-state index in [0.29, 0.717) is 5.56 Å². The van der Waals surface area contributed by atoms with Gasteiger partial charge in [0.05, 0.1) is 5.56 Å². The van der Waals surface area contributed by atoms with Crippen molar-refractivity contribution in [1.82, 2.24) is 9.97 Å². The van der Waals surface area contributed by atoms with Crippen LogP contribution in [0.5, 0.6) is 0 Å². The summed E-state index contributed by atoms with van der Waals surface area (Å²) in [6.45, 7) is 11.6. The molecule has 4 rings (SSSR count). The van der Waals surface area contributed by atoms with Crippen LogP contribution in [-0.2, 0) is 10.8 Å². The summed E-state index contributed by atoms with van der Waals surface area (Å²) < 4.78 is 0. The summed E-state index contributed by atoms with van der Waals surface area (Å²) in [7, 11) is 0. The number of thioether (sulfide) groups is 1. The molecule has 1 atom stereocenters. The van der Waals surface area contributed by atoms with Gasteiger partial charge in [-0.15, -0.1) is 0 Å². The molecular formula is C30H34N2O2S. The molecule has 0 saturated carbocycles. The minimum atomic E-state index is -0.909. The van der Waals surface area contributed by atoms with Crippen LogP contribution in [0.2, 0.25) is 0 Å². The van der Waals surface area contributed by atoms with E-state index >= 15 is 0 Å². The lowest BCUT2D eigenvalue weighted by atomic mass is 9.62. The highest BCUT2D eigenvalue weighted by atomic mass is 32.2. The standard InChI is InChI=1S/C30H34N2O2S/c1-6-26(35-28-31-16-7-17-32-28)23-19-25-24(29(2,3)14-15-30(25,4)5)18-22(23)13-10-20-8-11-21(12-9-20)27(33)34/h7-13,16-19,26H,6,14-15H2,1-5H3,(H,33,34)/b13-10+. The Labute approximate surface area is 212 Å². The molecule has 0 spiro atoms. The maximum Gasteiger partial charge on any atom is 0.335 e. The molecule has 0 amide bonds. The van der Waals surface area contributed by atoms with Crippen LogP contribution in [0.4, 0.5) is 0 Å². The molecule has 2 aromatic carbocycles. The highest BCUT2D eigenvalue weighted by Gasteiger charge is 2.38. The third-order valence-corrected chi connectivity index (χ3v) is 8.47. The Morgan fingerprint density at radius 1 is 1.00 bits per heavy atom. The molecule has 1 aliphatic rings. The summed E-state index contributed by atoms with van der Waals surface area (Å²) in [5.74, 6) is -0.909. The molecule has 0 aliphatic heterocycles. The first-order valence-electron chi connectivity index (χ1n) is 12.2. The van der Waals surface area contributed by atoms with E-state index in [0.717, 1.165) is 23.6 Å². The van der Waals surface area contributed by atoms with E-state index in [1.54, 1.807) is 36.3 Å². The lowest BCUT2D eigenvalue weighted by molar-refractivity contribution is 0.0697. The molecule has 1 aromatic heterocycles. The van der Waals surface area contributed by atoms with Crippen molar-refractivity contribution >= 4 is 29.9 Å². The van der Waals surface area contributed by atoms with Gasteiger partial charge in [-0.3, -0.25) is 0 Å². The van der Waals surface area contributed by atoms with Gasteiger partial charge in [0.1, 0.15) is 0 Å². The van der Waals surface area contributed by atoms with Crippen LogP contribution < -0.4 is 0 Å². The van der Waals surface area contributed by atoms with Crippen molar-refractivity contribution in [3.8, 4) is 0 Å². The fraction of sp³-hybridized carbons (Fsp3) is 0.367. The highest BCUT2D eigenvalue weighted by molar-refractivity contribution is 7.99. The average molecular weight is 487 g/mol. The average Bonchev–Trinajstić information content (AvgIpc) is 2.84. The van der Waals surface area contributed by atoms with Crippen LogP contribution in [-0.4, -0.2) is 21.0 Å². The van der Waals surface area contributed by atoms with Crippen molar-refractivity contribution in [2.45, 2.75) is 75.1 Å². The molecule has 4 nitrogen and oxygen atoms in total. The van der Waals surface area contributed by atoms with E-state index in [2.05, 4.69) is 68.9 Å². The normalized spacial score (nSPS) is 17.2. The Morgan fingerprint density at radius 3 is 2.17 bits per heavy atom. The number of hydrogen-bond acceptors (Lipinski definition) is 4. The van der Waals surface area contributed by atoms with Crippen LogP contribution in [0, 0.1) is 0 Å². The SMILES string of the molecule is CCC(Sc1ncccn1)c1cc2c(cc1/C=C/c1ccc(C(=O)O)cc1)C(C)(C)CCC2(C)C. The Hall–Kier alpha value is -2.92. The zero-order valence-electron chi connectivity index (χ0n) is 21.2. The molecule has 0 saturated heterocycles. The van der Waals surface area contributed by atoms with Gasteiger partial charge in [-0.1, -0.05) is 82.8 Å². The Morgan fingerprint density at radius 2 is 1.60 bits per heavy atom. The van der Waals surface area contributed by atoms with Gasteiger partial charge < -0.3 is 5.11 Å². The van der Waals surface area contributed by atoms with Crippen LogP contribution in [0.1, 0.15) is 97.3 Å². The molecule has 0 bridgehead atoms. The molecule has 1 N–H and O–H groups in total. The lowest BCUT2D eigenvalue weighted by Crippen LogP contribution is -2.34. The zero-order valence-corrected chi connectivity index (χ0v) is 22.0. The molecule has 1 unspecified atom stereocenters. The van der Waals surface area contributed by atoms with E-state index in [1.807, 2.05) is 18.2 Å². The third kappa shape index (κ3) is 5.51. The number of carboxylic acid groups (broad SMARTS) is 1. The van der Waals surface area contributed by atoms with Crippen LogP contribution >= 0.6 is 11.8 Å². The van der Waals surface area contributed by atoms with Gasteiger partial charge in [0, 0.05) is 17.6 Å². The fourth-order valence-electron chi connectivity index (χ4n) is 4.83. The Balaban J connectivity index is 1.81. The number of benzene rings is 2. The summed E-state index contributed by atoms with van der Waals surface area (Å²) >= 11 is 1.71. The first-order valence-corrected chi connectivity index (χ1v) is 13.1. The van der Waals surface area contributed by atoms with Crippen LogP contribution in [0.3, 0.4) is 0 Å². The molecule has 182 valence electrons. The van der Waals surface area contributed by atoms with Crippen molar-refractivity contribution in [1.29, 1.82) is 0 Å². The number of fused-ring (bicyclic) bond motifs is 1. The van der Waals surface area contributed by atoms with Gasteiger partial charge >= 0.3 is 5.97 Å². The quantitative estimate of drug-likeness (QED) is 0.209. The summed E-state index contributed by atoms with van der Waals surface area (Å²) in [4.78, 5) is 20.1. The summed E-state index contributed by atoms with van der Waals surface area (Å²) in [6, 6.07) is 13.7. The first kappa shape index (κ1) is 25.2. The van der Waals surface area contributed by atoms with Gasteiger partial charge in [0.2, 0.25) is 0 Å². The van der Waals surface area contributed by atoms with Crippen molar-refractivity contribution in [2.75, 3.05) is 0 Å². The van der Waals surface area contributed by atoms with E-state index in [4.69, 9.17) is 0 Å². The van der Waals surface area contributed by atoms with Gasteiger partial charge in [-0.05, 0) is 76.1 Å². The van der Waals surface area contributed by atoms with E-state index < -0.39 is 5.97 Å². The van der Waals surface area contributed by atoms with E-state index in [-0.39, 0.29) is 16.1 Å². The number of rotatable bonds is 7. The maximum absolute atomic E-state index is 11.2. The van der Waals surface area contributed by atoms with Gasteiger partial charge in [-0.2, -0.15) is 0 Å². The minimum Gasteiger partial charge on any atom is -0.478 e. The fourth-order valence-corrected chi connectivity index (χ4v) is 5.83. The van der Waals surface area contributed by atoms with Gasteiger partial charge in [0.25, 0.3) is 0 Å². The molecule has 5 heteroatoms. The van der Waals surface area contributed by atoms with Crippen molar-refractivity contribution in [3.63, 3.8) is 0 Å². The number of carboxylic acids is 1. The molecule has 1 heterocycles. The van der Waals surface area contributed by atoms with E-state index in [9.17, 15) is 9.90 Å². The van der Waals surface area contributed by atoms with Gasteiger partial charge in [-0.25, -0.2) is 14.8 Å². The maximum atomic E-state index is 11.2. The smallest absolute Gasteiger partial charge is 0.335 e. The van der Waals surface area contributed by atoms with Crippen LogP contribution in [0.25, 0.3) is 12.2 Å². The second-order valence-electron chi connectivity index (χ2n) is 10.6. The number of aromatic nitrogens is 2. The second kappa shape index (κ2) is 9.98. The topological polar surface area (TPSA) is 63.1 Å². The monoisotopic (exact) mass is 486 g/mol. The Kier molecular flexibility index (Phi) is 7.18. The summed E-state index contributed by atoms with van der Waals surface area (Å²) in [5.41, 5.74) is 6.89. The predicted molar refractivity (Wildman–Crippen MR) is 145 cm³/mol. The predicted octanol–water partition coefficient (Wildman–Crippen LogP) is 7.94. The van der Waals surface area contributed by atoms with Gasteiger partial charge in [0.15, 0.2) is 5.16 Å². The van der Waals surface area contributed by atoms with Crippen molar-refractivity contribution < 1.29 is 9.90 Å². The minimum absolute atomic E-state index is 0.118. The Bertz CT molecular complexity index is 1230. The largest absolute Gasteiger partial charge is 0.478 e. The zero-order chi connectivity index (χ0) is 25.2. The highest BCUT2D eigenvalue weighted by Crippen LogP contribution is 2.49. The number of carbonyl (C=O) groups is 1. The third-order valence-electron chi connectivity index (χ3n) is 7.18. The van der Waals surface area contributed by atoms with E-state index in [1.165, 1.54) is 28.7 Å². The van der Waals surface area contributed by atoms with Crippen molar-refractivity contribution in [2.24, 2.45) is 0 Å². The second-order valence-corrected chi connectivity index (χ2v) is 11.8. The first-order chi connectivity index (χ1) is 16.6. The summed E-state index contributed by atoms with van der Waals surface area (Å²) in [5, 5.41) is 10.2. The lowest BCUT2D eigenvalue weighted by Gasteiger charge is -2.42. The van der Waals surface area contributed by atoms with Crippen LogP contribution in [0.15, 0.2) is 60.0 Å². The molecule has 1 aliphatic carbocycles. The molecule has 35 heavy (non-hydrogen) atoms. The number of hydrogen-bond donors (Lipinski definition) is 1. The molecule has 3 aromatic rings. The number of nitrogens with zero attached hydrogens (tertiary/aromatic N) is 2.